The number of carboxylic acids is 2. The number of carbonyl (C=O) groups excluding carboxylic acids is 1. The fourth-order valence-electron chi connectivity index (χ4n) is 5.13. The number of nitrogens with two attached hydrogens (primary N) is 1. The number of carbonyl (C=O) groups is 3. The molecule has 17 heteroatoms. The number of phenolic OH excluding ortho intramolecular Hbond substituents is 1. The largest absolute Gasteiger partial charge is 0.508 e. The first-order valence-corrected chi connectivity index (χ1v) is 17.4. The van der Waals surface area contributed by atoms with Gasteiger partial charge in [0, 0.05) is 41.3 Å². The number of ketones is 1. The summed E-state index contributed by atoms with van der Waals surface area (Å²) in [5.41, 5.74) is 4.31. The van der Waals surface area contributed by atoms with E-state index in [1.165, 1.54) is 12.1 Å². The number of hydrogen-bond donors (Lipinski definition) is 8. The molecular formula is C40H38F2N9O6+. The van der Waals surface area contributed by atoms with Gasteiger partial charge in [-0.05, 0) is 59.7 Å². The van der Waals surface area contributed by atoms with Crippen LogP contribution in [0.15, 0.2) is 109 Å². The van der Waals surface area contributed by atoms with Gasteiger partial charge in [-0.15, -0.1) is 0 Å². The highest BCUT2D eigenvalue weighted by Crippen LogP contribution is 2.24. The first kappa shape index (κ1) is 40.7. The van der Waals surface area contributed by atoms with Crippen LogP contribution in [0, 0.1) is 11.6 Å². The zero-order valence-corrected chi connectivity index (χ0v) is 30.4. The van der Waals surface area contributed by atoms with Crippen LogP contribution in [0.5, 0.6) is 5.75 Å². The highest BCUT2D eigenvalue weighted by molar-refractivity contribution is 5.79. The molecule has 0 aliphatic heterocycles. The fourth-order valence-corrected chi connectivity index (χ4v) is 5.13. The van der Waals surface area contributed by atoms with Crippen LogP contribution in [0.25, 0.3) is 0 Å². The van der Waals surface area contributed by atoms with Crippen molar-refractivity contribution < 1.29 is 43.8 Å². The summed E-state index contributed by atoms with van der Waals surface area (Å²) in [6, 6.07) is 27.0. The third-order valence-electron chi connectivity index (χ3n) is 7.78. The van der Waals surface area contributed by atoms with E-state index < -0.39 is 23.6 Å². The summed E-state index contributed by atoms with van der Waals surface area (Å²) in [4.78, 5) is 49.3. The number of Topliss-reactive ketones (excluding diaryl/α,β-unsaturated/α-hetero) is 1. The van der Waals surface area contributed by atoms with Crippen molar-refractivity contribution >= 4 is 69.7 Å². The molecule has 2 aromatic heterocycles. The molecule has 0 saturated heterocycles. The third-order valence-corrected chi connectivity index (χ3v) is 7.78. The van der Waals surface area contributed by atoms with Crippen LogP contribution in [0.1, 0.15) is 24.5 Å². The van der Waals surface area contributed by atoms with Gasteiger partial charge < -0.3 is 41.9 Å². The lowest BCUT2D eigenvalue weighted by Crippen LogP contribution is -2.79. The number of nitrogens with one attached hydrogen (secondary N) is 4. The summed E-state index contributed by atoms with van der Waals surface area (Å²) in [6.45, 7) is 2.22. The number of nitrogens with zero attached hydrogens (tertiary/aromatic N) is 4. The summed E-state index contributed by atoms with van der Waals surface area (Å²) in [7, 11) is 0. The Labute approximate surface area is 324 Å². The molecule has 0 radical (unpaired) electrons. The van der Waals surface area contributed by atoms with E-state index >= 15 is 0 Å². The Kier molecular flexibility index (Phi) is 14.0. The van der Waals surface area contributed by atoms with Gasteiger partial charge in [0.1, 0.15) is 18.0 Å². The molecule has 0 unspecified atom stereocenters. The molecule has 0 fully saturated rings. The zero-order valence-electron chi connectivity index (χ0n) is 30.4. The van der Waals surface area contributed by atoms with Crippen LogP contribution in [0.2, 0.25) is 0 Å². The number of benzene rings is 4. The average Bonchev–Trinajstić information content (AvgIpc) is 3.17. The van der Waals surface area contributed by atoms with E-state index in [-0.39, 0.29) is 47.9 Å². The Morgan fingerprint density at radius 1 is 0.632 bits per heavy atom. The van der Waals surface area contributed by atoms with Gasteiger partial charge in [0.25, 0.3) is 0 Å². The van der Waals surface area contributed by atoms with Gasteiger partial charge in [-0.25, -0.2) is 18.7 Å². The Morgan fingerprint density at radius 3 is 1.58 bits per heavy atom. The van der Waals surface area contributed by atoms with Gasteiger partial charge in [0.2, 0.25) is 11.9 Å². The monoisotopic (exact) mass is 778 g/mol. The first-order chi connectivity index (χ1) is 27.4. The smallest absolute Gasteiger partial charge is 0.307 e. The van der Waals surface area contributed by atoms with Gasteiger partial charge in [-0.1, -0.05) is 43.3 Å². The quantitative estimate of drug-likeness (QED) is 0.0502. The standard InChI is InChI=1S/C20H20FN5O2.C20H17FN4O4/c1-2-16(27)11-22-13-5-3-6-14(9-13)25-20-23-12-18(21)19(26-20)24-15-7-4-8-17(28)10-15;21-16-11-22-20(24-15-6-2-4-13(8-15)10-18(28)29)25-19(16)23-14-5-1-3-12(7-14)9-17(26)27/h3-10,12,22,28H,2,11H2,1H3,(H2,23,24,25,26);1-8,11H,9-10H2,(H,26,27)(H,28,29)(H2,22,23,24,25)/p+1. The molecule has 15 nitrogen and oxygen atoms in total. The average molecular weight is 779 g/mol. The fraction of sp³-hybridized carbons (Fsp3) is 0.125. The van der Waals surface area contributed by atoms with Crippen LogP contribution in [0.3, 0.4) is 0 Å². The Hall–Kier alpha value is -7.53. The molecule has 0 aliphatic rings. The number of aliphatic carboxylic acids is 2. The van der Waals surface area contributed by atoms with Gasteiger partial charge in [0.05, 0.1) is 25.2 Å². The van der Waals surface area contributed by atoms with E-state index in [0.29, 0.717) is 46.8 Å². The van der Waals surface area contributed by atoms with E-state index in [1.54, 1.807) is 60.7 Å². The summed E-state index contributed by atoms with van der Waals surface area (Å²) in [5, 5.41) is 40.7. The molecule has 0 spiro atoms. The number of hydrogen-bond acceptors (Lipinski definition) is 12. The molecule has 4 aromatic carbocycles. The maximum Gasteiger partial charge on any atom is 0.307 e. The lowest BCUT2D eigenvalue weighted by Gasteiger charge is -2.11. The second-order valence-electron chi connectivity index (χ2n) is 12.3. The molecule has 0 amide bonds. The minimum absolute atomic E-state index is 0.0145. The number of carboxylic acid groups (broad SMARTS) is 2. The second-order valence-corrected chi connectivity index (χ2v) is 12.3. The lowest BCUT2D eigenvalue weighted by molar-refractivity contribution is -0.559. The molecule has 0 saturated carbocycles. The van der Waals surface area contributed by atoms with E-state index in [0.717, 1.165) is 18.1 Å². The van der Waals surface area contributed by atoms with Gasteiger partial charge in [-0.3, -0.25) is 14.4 Å². The third kappa shape index (κ3) is 13.1. The molecule has 2 heterocycles. The van der Waals surface area contributed by atoms with Crippen LogP contribution < -0.4 is 26.6 Å². The van der Waals surface area contributed by atoms with Crippen LogP contribution in [-0.4, -0.2) is 59.5 Å². The summed E-state index contributed by atoms with van der Waals surface area (Å²) in [5.74, 6) is -2.75. The van der Waals surface area contributed by atoms with Crippen molar-refractivity contribution in [3.63, 3.8) is 0 Å². The molecule has 57 heavy (non-hydrogen) atoms. The van der Waals surface area contributed by atoms with Crippen LogP contribution >= 0.6 is 0 Å². The summed E-state index contributed by atoms with van der Waals surface area (Å²) >= 11 is 0. The van der Waals surface area contributed by atoms with Crippen molar-refractivity contribution in [3.05, 3.63) is 132 Å². The van der Waals surface area contributed by atoms with Crippen molar-refractivity contribution in [2.45, 2.75) is 26.2 Å². The molecule has 0 aliphatic carbocycles. The van der Waals surface area contributed by atoms with Gasteiger partial charge in [0.15, 0.2) is 29.1 Å². The topological polar surface area (TPSA) is 228 Å². The summed E-state index contributed by atoms with van der Waals surface area (Å²) in [6.07, 6.45) is 2.30. The predicted octanol–water partition coefficient (Wildman–Crippen LogP) is 6.34. The number of anilines is 8. The van der Waals surface area contributed by atoms with Crippen molar-refractivity contribution in [2.24, 2.45) is 0 Å². The number of aromatic nitrogens is 4. The van der Waals surface area contributed by atoms with Crippen LogP contribution in [0.4, 0.5) is 60.8 Å². The normalized spacial score (nSPS) is 10.4. The molecular weight excluding hydrogens is 740 g/mol. The molecule has 292 valence electrons. The van der Waals surface area contributed by atoms with E-state index in [1.807, 2.05) is 36.5 Å². The summed E-state index contributed by atoms with van der Waals surface area (Å²) < 4.78 is 28.2. The molecule has 6 aromatic rings. The zero-order chi connectivity index (χ0) is 40.7. The number of quaternary nitrogens is 1. The van der Waals surface area contributed by atoms with Crippen molar-refractivity contribution in [2.75, 3.05) is 27.8 Å². The maximum absolute atomic E-state index is 14.1. The number of rotatable bonds is 16. The lowest BCUT2D eigenvalue weighted by atomic mass is 10.1. The van der Waals surface area contributed by atoms with Gasteiger partial charge >= 0.3 is 11.9 Å². The Balaban J connectivity index is 0.000000218. The molecule has 0 atom stereocenters. The van der Waals surface area contributed by atoms with Gasteiger partial charge in [-0.2, -0.15) is 9.97 Å². The number of phenols is 1. The molecule has 0 bridgehead atoms. The van der Waals surface area contributed by atoms with E-state index in [4.69, 9.17) is 10.2 Å². The molecule has 9 N–H and O–H groups in total. The Bertz CT molecular complexity index is 2370. The van der Waals surface area contributed by atoms with Crippen molar-refractivity contribution in [3.8, 4) is 5.75 Å². The number of aromatic hydroxyl groups is 1. The highest BCUT2D eigenvalue weighted by atomic mass is 19.1. The first-order valence-electron chi connectivity index (χ1n) is 17.4. The SMILES string of the molecule is CCC(=O)C[NH2+]c1cccc(Nc2ncc(F)c(Nc3cccc(O)c3)n2)c1.O=C(O)Cc1cccc(Nc2ncc(F)c(Nc3cccc(CC(=O)O)c3)n2)c1. The van der Waals surface area contributed by atoms with E-state index in [2.05, 4.69) is 41.2 Å². The van der Waals surface area contributed by atoms with Crippen molar-refractivity contribution in [1.29, 1.82) is 0 Å². The van der Waals surface area contributed by atoms with Crippen molar-refractivity contribution in [1.82, 2.24) is 19.9 Å². The number of halogens is 2. The minimum Gasteiger partial charge on any atom is -0.508 e. The van der Waals surface area contributed by atoms with Crippen LogP contribution in [-0.2, 0) is 27.2 Å². The molecule has 6 rings (SSSR count). The Morgan fingerprint density at radius 2 is 1.09 bits per heavy atom. The maximum atomic E-state index is 14.1. The highest BCUT2D eigenvalue weighted by Gasteiger charge is 2.12. The minimum atomic E-state index is -0.966. The van der Waals surface area contributed by atoms with E-state index in [9.17, 15) is 28.3 Å². The predicted molar refractivity (Wildman–Crippen MR) is 209 cm³/mol. The second kappa shape index (κ2) is 19.7.